The third-order valence-electron chi connectivity index (χ3n) is 11.5. The second-order valence-corrected chi connectivity index (χ2v) is 17.3. The molecule has 0 spiro atoms. The fourth-order valence-corrected chi connectivity index (χ4v) is 7.48. The second-order valence-electron chi connectivity index (χ2n) is 17.3. The lowest BCUT2D eigenvalue weighted by Crippen LogP contribution is -2.61. The SMILES string of the molecule is CC/C=C/C=C/C=C\C=C/CCCCCC(=O)OC1C(OCC(NC(=O)C(O)CCCCCCCCCCCC)C(O)/C=C/CCCCCCCCCCC)OC(CO)C(O)C1O. The van der Waals surface area contributed by atoms with Gasteiger partial charge in [-0.15, -0.1) is 0 Å². The number of hydrogen-bond donors (Lipinski definition) is 6. The molecule has 1 rings (SSSR count). The first-order chi connectivity index (χ1) is 30.7. The average molecular weight is 890 g/mol. The molecule has 0 aliphatic carbocycles. The van der Waals surface area contributed by atoms with Gasteiger partial charge in [0.1, 0.15) is 24.4 Å². The number of carbonyl (C=O) groups excluding carboxylic acids is 2. The summed E-state index contributed by atoms with van der Waals surface area (Å²) >= 11 is 0. The summed E-state index contributed by atoms with van der Waals surface area (Å²) in [5, 5.41) is 56.4. The molecule has 0 aromatic carbocycles. The molecule has 0 radical (unpaired) electrons. The Morgan fingerprint density at radius 2 is 1.14 bits per heavy atom. The Hall–Kier alpha value is -2.64. The maximum absolute atomic E-state index is 13.3. The van der Waals surface area contributed by atoms with Crippen molar-refractivity contribution in [2.45, 2.75) is 243 Å². The van der Waals surface area contributed by atoms with Gasteiger partial charge in [0.25, 0.3) is 0 Å². The number of carbonyl (C=O) groups is 2. The molecule has 11 heteroatoms. The lowest BCUT2D eigenvalue weighted by Gasteiger charge is -2.41. The Kier molecular flexibility index (Phi) is 37.8. The summed E-state index contributed by atoms with van der Waals surface area (Å²) in [5.74, 6) is -1.24. The minimum Gasteiger partial charge on any atom is -0.454 e. The van der Waals surface area contributed by atoms with Crippen LogP contribution in [0, 0.1) is 0 Å². The molecule has 0 bridgehead atoms. The van der Waals surface area contributed by atoms with Crippen LogP contribution in [0.15, 0.2) is 60.8 Å². The van der Waals surface area contributed by atoms with Crippen molar-refractivity contribution < 1.29 is 49.3 Å². The van der Waals surface area contributed by atoms with Crippen LogP contribution < -0.4 is 5.32 Å². The van der Waals surface area contributed by atoms with Gasteiger partial charge in [-0.3, -0.25) is 9.59 Å². The maximum Gasteiger partial charge on any atom is 0.306 e. The van der Waals surface area contributed by atoms with Crippen LogP contribution in [0.3, 0.4) is 0 Å². The van der Waals surface area contributed by atoms with Crippen molar-refractivity contribution in [2.24, 2.45) is 0 Å². The van der Waals surface area contributed by atoms with Gasteiger partial charge in [0.2, 0.25) is 5.91 Å². The molecule has 1 saturated heterocycles. The van der Waals surface area contributed by atoms with Crippen LogP contribution >= 0.6 is 0 Å². The number of esters is 1. The molecule has 1 amide bonds. The first kappa shape index (κ1) is 58.4. The predicted molar refractivity (Wildman–Crippen MR) is 255 cm³/mol. The Morgan fingerprint density at radius 3 is 1.71 bits per heavy atom. The molecule has 11 nitrogen and oxygen atoms in total. The van der Waals surface area contributed by atoms with Gasteiger partial charge in [0.15, 0.2) is 12.4 Å². The minimum atomic E-state index is -1.63. The molecular weight excluding hydrogens is 799 g/mol. The highest BCUT2D eigenvalue weighted by atomic mass is 16.7. The second kappa shape index (κ2) is 40.8. The monoisotopic (exact) mass is 890 g/mol. The smallest absolute Gasteiger partial charge is 0.306 e. The molecule has 1 fully saturated rings. The van der Waals surface area contributed by atoms with Gasteiger partial charge >= 0.3 is 5.97 Å². The highest BCUT2D eigenvalue weighted by Gasteiger charge is 2.47. The van der Waals surface area contributed by atoms with Crippen molar-refractivity contribution in [1.29, 1.82) is 0 Å². The van der Waals surface area contributed by atoms with E-state index in [1.165, 1.54) is 83.5 Å². The summed E-state index contributed by atoms with van der Waals surface area (Å²) in [6, 6.07) is -1.03. The Bertz CT molecular complexity index is 1250. The summed E-state index contributed by atoms with van der Waals surface area (Å²) in [7, 11) is 0. The van der Waals surface area contributed by atoms with Gasteiger partial charge in [-0.05, 0) is 44.9 Å². The zero-order chi connectivity index (χ0) is 46.2. The molecular formula is C52H91NO10. The normalized spacial score (nSPS) is 21.0. The quantitative estimate of drug-likeness (QED) is 0.0150. The topological polar surface area (TPSA) is 175 Å². The van der Waals surface area contributed by atoms with Crippen LogP contribution in [0.25, 0.3) is 0 Å². The number of ether oxygens (including phenoxy) is 3. The Balaban J connectivity index is 2.83. The van der Waals surface area contributed by atoms with E-state index in [9.17, 15) is 35.1 Å². The number of aliphatic hydroxyl groups is 5. The van der Waals surface area contributed by atoms with E-state index in [0.29, 0.717) is 12.8 Å². The first-order valence-electron chi connectivity index (χ1n) is 25.1. The molecule has 0 aromatic rings. The van der Waals surface area contributed by atoms with Gasteiger partial charge in [0.05, 0.1) is 25.4 Å². The Morgan fingerprint density at radius 1 is 0.635 bits per heavy atom. The zero-order valence-corrected chi connectivity index (χ0v) is 39.7. The number of hydrogen-bond acceptors (Lipinski definition) is 10. The molecule has 1 heterocycles. The average Bonchev–Trinajstić information content (AvgIpc) is 3.28. The number of allylic oxidation sites excluding steroid dienone is 9. The van der Waals surface area contributed by atoms with E-state index >= 15 is 0 Å². The molecule has 0 saturated carbocycles. The molecule has 8 unspecified atom stereocenters. The molecule has 8 atom stereocenters. The summed E-state index contributed by atoms with van der Waals surface area (Å²) < 4.78 is 17.4. The van der Waals surface area contributed by atoms with Crippen LogP contribution in [0.5, 0.6) is 0 Å². The van der Waals surface area contributed by atoms with E-state index in [4.69, 9.17) is 14.2 Å². The van der Waals surface area contributed by atoms with Crippen molar-refractivity contribution in [3.8, 4) is 0 Å². The summed E-state index contributed by atoms with van der Waals surface area (Å²) in [6.07, 6.45) is 37.2. The number of nitrogens with one attached hydrogen (secondary N) is 1. The minimum absolute atomic E-state index is 0.0766. The van der Waals surface area contributed by atoms with Gasteiger partial charge in [0, 0.05) is 6.42 Å². The van der Waals surface area contributed by atoms with Crippen LogP contribution in [-0.2, 0) is 23.8 Å². The van der Waals surface area contributed by atoms with Crippen molar-refractivity contribution in [2.75, 3.05) is 13.2 Å². The summed E-state index contributed by atoms with van der Waals surface area (Å²) in [5.41, 5.74) is 0. The van der Waals surface area contributed by atoms with E-state index in [-0.39, 0.29) is 19.4 Å². The van der Waals surface area contributed by atoms with Crippen LogP contribution in [0.4, 0.5) is 0 Å². The molecule has 364 valence electrons. The number of amides is 1. The van der Waals surface area contributed by atoms with Crippen molar-refractivity contribution in [1.82, 2.24) is 5.32 Å². The van der Waals surface area contributed by atoms with E-state index in [1.807, 2.05) is 42.5 Å². The van der Waals surface area contributed by atoms with Crippen LogP contribution in [-0.4, -0.2) is 99.6 Å². The first-order valence-corrected chi connectivity index (χ1v) is 25.1. The molecule has 1 aliphatic heterocycles. The predicted octanol–water partition coefficient (Wildman–Crippen LogP) is 9.93. The zero-order valence-electron chi connectivity index (χ0n) is 39.7. The number of aliphatic hydroxyl groups excluding tert-OH is 5. The van der Waals surface area contributed by atoms with E-state index in [2.05, 4.69) is 38.2 Å². The standard InChI is InChI=1S/C52H91NO10/c1-4-7-10-13-16-19-22-23-25-28-31-34-37-40-47(57)63-50-49(59)48(58)46(41-54)62-52(50)61-42-43(44(55)38-35-32-29-27-24-20-17-14-11-8-5-2)53-51(60)45(56)39-36-33-30-26-21-18-15-12-9-6-3/h7,10,13,16,19,22-23,25,35,38,43-46,48-50,52,54-56,58-59H,4-6,8-9,11-12,14-15,17-18,20-21,24,26-34,36-37,39-42H2,1-3H3,(H,53,60)/b10-7+,16-13+,22-19-,25-23-,38-35+. The highest BCUT2D eigenvalue weighted by molar-refractivity contribution is 5.80. The van der Waals surface area contributed by atoms with Crippen molar-refractivity contribution in [3.05, 3.63) is 60.8 Å². The fraction of sp³-hybridized carbons (Fsp3) is 0.769. The van der Waals surface area contributed by atoms with Gasteiger partial charge in [-0.2, -0.15) is 0 Å². The van der Waals surface area contributed by atoms with Crippen LogP contribution in [0.1, 0.15) is 194 Å². The molecule has 0 aromatic heterocycles. The van der Waals surface area contributed by atoms with Crippen LogP contribution in [0.2, 0.25) is 0 Å². The molecule has 1 aliphatic rings. The maximum atomic E-state index is 13.3. The van der Waals surface area contributed by atoms with Crippen molar-refractivity contribution in [3.63, 3.8) is 0 Å². The Labute approximate surface area is 382 Å². The lowest BCUT2D eigenvalue weighted by molar-refractivity contribution is -0.305. The van der Waals surface area contributed by atoms with E-state index in [1.54, 1.807) is 6.08 Å². The number of rotatable bonds is 40. The van der Waals surface area contributed by atoms with Gasteiger partial charge in [-0.1, -0.05) is 204 Å². The third-order valence-corrected chi connectivity index (χ3v) is 11.5. The summed E-state index contributed by atoms with van der Waals surface area (Å²) in [6.45, 7) is 5.55. The third kappa shape index (κ3) is 30.2. The van der Waals surface area contributed by atoms with Crippen molar-refractivity contribution >= 4 is 11.9 Å². The van der Waals surface area contributed by atoms with Gasteiger partial charge < -0.3 is 45.1 Å². The molecule has 6 N–H and O–H groups in total. The fourth-order valence-electron chi connectivity index (χ4n) is 7.48. The van der Waals surface area contributed by atoms with E-state index in [0.717, 1.165) is 64.2 Å². The number of unbranched alkanes of at least 4 members (excludes halogenated alkanes) is 21. The summed E-state index contributed by atoms with van der Waals surface area (Å²) in [4.78, 5) is 26.2. The molecule has 63 heavy (non-hydrogen) atoms. The lowest BCUT2D eigenvalue weighted by atomic mass is 9.99. The highest BCUT2D eigenvalue weighted by Crippen LogP contribution is 2.26. The van der Waals surface area contributed by atoms with E-state index < -0.39 is 67.4 Å². The largest absolute Gasteiger partial charge is 0.454 e. The van der Waals surface area contributed by atoms with Gasteiger partial charge in [-0.25, -0.2) is 0 Å².